The third-order valence-electron chi connectivity index (χ3n) is 3.27. The van der Waals surface area contributed by atoms with Gasteiger partial charge in [-0.1, -0.05) is 39.7 Å². The summed E-state index contributed by atoms with van der Waals surface area (Å²) in [5.74, 6) is 0.622. The fourth-order valence-electron chi connectivity index (χ4n) is 2.27. The molecule has 0 amide bonds. The maximum atomic E-state index is 12.7. The highest BCUT2D eigenvalue weighted by molar-refractivity contribution is 9.10. The van der Waals surface area contributed by atoms with Crippen LogP contribution in [0.15, 0.2) is 57.9 Å². The van der Waals surface area contributed by atoms with E-state index >= 15 is 0 Å². The van der Waals surface area contributed by atoms with Crippen molar-refractivity contribution in [2.45, 2.75) is 0 Å². The number of fused-ring (bicyclic) bond motifs is 1. The van der Waals surface area contributed by atoms with Crippen LogP contribution >= 0.6 is 27.5 Å². The van der Waals surface area contributed by atoms with Gasteiger partial charge >= 0.3 is 0 Å². The molecule has 0 N–H and O–H groups in total. The van der Waals surface area contributed by atoms with Gasteiger partial charge in [0.05, 0.1) is 29.4 Å². The number of para-hydroxylation sites is 1. The van der Waals surface area contributed by atoms with E-state index in [-0.39, 0.29) is 5.56 Å². The number of halogens is 2. The van der Waals surface area contributed by atoms with Gasteiger partial charge in [0, 0.05) is 9.86 Å². The largest absolute Gasteiger partial charge is 0.495 e. The average molecular weight is 365 g/mol. The highest BCUT2D eigenvalue weighted by Crippen LogP contribution is 2.28. The Morgan fingerprint density at radius 3 is 2.62 bits per heavy atom. The average Bonchev–Trinajstić information content (AvgIpc) is 2.49. The molecule has 3 nitrogen and oxygen atoms in total. The molecular formula is C16H11BrClNO2. The van der Waals surface area contributed by atoms with Crippen molar-refractivity contribution >= 4 is 38.3 Å². The summed E-state index contributed by atoms with van der Waals surface area (Å²) < 4.78 is 7.76. The number of benzene rings is 2. The van der Waals surface area contributed by atoms with Gasteiger partial charge in [-0.25, -0.2) is 0 Å². The van der Waals surface area contributed by atoms with Crippen LogP contribution in [0.2, 0.25) is 5.02 Å². The predicted molar refractivity (Wildman–Crippen MR) is 88.8 cm³/mol. The second kappa shape index (κ2) is 5.54. The number of methoxy groups -OCH3 is 1. The molecule has 0 spiro atoms. The van der Waals surface area contributed by atoms with Gasteiger partial charge in [0.2, 0.25) is 0 Å². The number of hydrogen-bond acceptors (Lipinski definition) is 2. The zero-order valence-electron chi connectivity index (χ0n) is 11.1. The lowest BCUT2D eigenvalue weighted by atomic mass is 10.1. The number of ether oxygens (including phenoxy) is 1. The van der Waals surface area contributed by atoms with E-state index in [4.69, 9.17) is 16.3 Å². The standard InChI is InChI=1S/C16H11BrClNO2/c1-21-15-9-19(14-5-3-2-4-13(14)18)16(20)12-8-10(17)6-7-11(12)15/h2-9H,1H3. The van der Waals surface area contributed by atoms with Crippen LogP contribution in [0.3, 0.4) is 0 Å². The van der Waals surface area contributed by atoms with Crippen molar-refractivity contribution in [3.63, 3.8) is 0 Å². The summed E-state index contributed by atoms with van der Waals surface area (Å²) in [6.07, 6.45) is 1.67. The molecule has 0 fully saturated rings. The van der Waals surface area contributed by atoms with Gasteiger partial charge in [-0.05, 0) is 30.3 Å². The number of rotatable bonds is 2. The molecule has 0 saturated heterocycles. The Kier molecular flexibility index (Phi) is 3.74. The van der Waals surface area contributed by atoms with Gasteiger partial charge < -0.3 is 4.74 Å². The van der Waals surface area contributed by atoms with Crippen LogP contribution in [0.25, 0.3) is 16.5 Å². The van der Waals surface area contributed by atoms with Crippen molar-refractivity contribution < 1.29 is 4.74 Å². The van der Waals surface area contributed by atoms with E-state index in [0.717, 1.165) is 9.86 Å². The Labute approximate surface area is 134 Å². The fourth-order valence-corrected chi connectivity index (χ4v) is 2.86. The first kappa shape index (κ1) is 14.2. The Balaban J connectivity index is 2.42. The third kappa shape index (κ3) is 2.45. The zero-order valence-corrected chi connectivity index (χ0v) is 13.5. The first-order valence-electron chi connectivity index (χ1n) is 6.25. The maximum Gasteiger partial charge on any atom is 0.263 e. The SMILES string of the molecule is COc1cn(-c2ccccc2Cl)c(=O)c2cc(Br)ccc12. The van der Waals surface area contributed by atoms with Crippen molar-refractivity contribution in [1.29, 1.82) is 0 Å². The summed E-state index contributed by atoms with van der Waals surface area (Å²) in [6.45, 7) is 0. The molecule has 106 valence electrons. The molecular weight excluding hydrogens is 354 g/mol. The van der Waals surface area contributed by atoms with Crippen LogP contribution in [0.5, 0.6) is 5.75 Å². The maximum absolute atomic E-state index is 12.7. The highest BCUT2D eigenvalue weighted by atomic mass is 79.9. The van der Waals surface area contributed by atoms with Crippen molar-refractivity contribution in [2.75, 3.05) is 7.11 Å². The number of nitrogens with zero attached hydrogens (tertiary/aromatic N) is 1. The van der Waals surface area contributed by atoms with E-state index < -0.39 is 0 Å². The normalized spacial score (nSPS) is 10.8. The fraction of sp³-hybridized carbons (Fsp3) is 0.0625. The first-order valence-corrected chi connectivity index (χ1v) is 7.42. The molecule has 0 aliphatic rings. The van der Waals surface area contributed by atoms with Crippen LogP contribution in [0.4, 0.5) is 0 Å². The summed E-state index contributed by atoms with van der Waals surface area (Å²) in [5.41, 5.74) is 0.490. The third-order valence-corrected chi connectivity index (χ3v) is 4.09. The topological polar surface area (TPSA) is 31.2 Å². The number of aromatic nitrogens is 1. The molecule has 1 aromatic heterocycles. The van der Waals surface area contributed by atoms with Crippen LogP contribution in [0, 0.1) is 0 Å². The number of pyridine rings is 1. The molecule has 21 heavy (non-hydrogen) atoms. The molecule has 0 radical (unpaired) electrons. The molecule has 0 saturated carbocycles. The van der Waals surface area contributed by atoms with Crippen molar-refractivity contribution in [3.8, 4) is 11.4 Å². The summed E-state index contributed by atoms with van der Waals surface area (Å²) in [6, 6.07) is 12.7. The van der Waals surface area contributed by atoms with E-state index in [2.05, 4.69) is 15.9 Å². The zero-order chi connectivity index (χ0) is 15.0. The summed E-state index contributed by atoms with van der Waals surface area (Å²) in [7, 11) is 1.58. The van der Waals surface area contributed by atoms with Crippen LogP contribution in [-0.2, 0) is 0 Å². The molecule has 3 rings (SSSR count). The van der Waals surface area contributed by atoms with Crippen LogP contribution in [-0.4, -0.2) is 11.7 Å². The smallest absolute Gasteiger partial charge is 0.263 e. The Morgan fingerprint density at radius 2 is 1.90 bits per heavy atom. The van der Waals surface area contributed by atoms with E-state index in [1.807, 2.05) is 24.3 Å². The van der Waals surface area contributed by atoms with E-state index in [9.17, 15) is 4.79 Å². The van der Waals surface area contributed by atoms with E-state index in [1.54, 1.807) is 31.5 Å². The summed E-state index contributed by atoms with van der Waals surface area (Å²) >= 11 is 9.59. The number of hydrogen-bond donors (Lipinski definition) is 0. The highest BCUT2D eigenvalue weighted by Gasteiger charge is 2.12. The molecule has 1 heterocycles. The van der Waals surface area contributed by atoms with Crippen molar-refractivity contribution in [2.24, 2.45) is 0 Å². The molecule has 3 aromatic rings. The molecule has 0 aliphatic heterocycles. The minimum Gasteiger partial charge on any atom is -0.495 e. The quantitative estimate of drug-likeness (QED) is 0.674. The van der Waals surface area contributed by atoms with Gasteiger partial charge in [-0.15, -0.1) is 0 Å². The van der Waals surface area contributed by atoms with E-state index in [1.165, 1.54) is 4.57 Å². The Morgan fingerprint density at radius 1 is 1.14 bits per heavy atom. The minimum absolute atomic E-state index is 0.139. The molecule has 0 aliphatic carbocycles. The van der Waals surface area contributed by atoms with Gasteiger partial charge in [-0.3, -0.25) is 9.36 Å². The lowest BCUT2D eigenvalue weighted by Crippen LogP contribution is -2.18. The minimum atomic E-state index is -0.139. The summed E-state index contributed by atoms with van der Waals surface area (Å²) in [5, 5.41) is 1.86. The monoisotopic (exact) mass is 363 g/mol. The lowest BCUT2D eigenvalue weighted by Gasteiger charge is -2.12. The first-order chi connectivity index (χ1) is 10.1. The second-order valence-electron chi connectivity index (χ2n) is 4.51. The van der Waals surface area contributed by atoms with Crippen molar-refractivity contribution in [3.05, 3.63) is 68.5 Å². The molecule has 0 bridgehead atoms. The summed E-state index contributed by atoms with van der Waals surface area (Å²) in [4.78, 5) is 12.7. The molecule has 2 aromatic carbocycles. The van der Waals surface area contributed by atoms with Gasteiger partial charge in [-0.2, -0.15) is 0 Å². The second-order valence-corrected chi connectivity index (χ2v) is 5.84. The molecule has 0 atom stereocenters. The van der Waals surface area contributed by atoms with Crippen LogP contribution < -0.4 is 10.3 Å². The lowest BCUT2D eigenvalue weighted by molar-refractivity contribution is 0.416. The van der Waals surface area contributed by atoms with Gasteiger partial charge in [0.1, 0.15) is 5.75 Å². The van der Waals surface area contributed by atoms with Crippen LogP contribution in [0.1, 0.15) is 0 Å². The Bertz CT molecular complexity index is 889. The predicted octanol–water partition coefficient (Wildman–Crippen LogP) is 4.42. The van der Waals surface area contributed by atoms with Crippen molar-refractivity contribution in [1.82, 2.24) is 4.57 Å². The van der Waals surface area contributed by atoms with Gasteiger partial charge in [0.15, 0.2) is 0 Å². The van der Waals surface area contributed by atoms with Gasteiger partial charge in [0.25, 0.3) is 5.56 Å². The Hall–Kier alpha value is -1.78. The molecule has 5 heteroatoms. The van der Waals surface area contributed by atoms with E-state index in [0.29, 0.717) is 21.8 Å². The molecule has 0 unspecified atom stereocenters.